The smallest absolute Gasteiger partial charge is 0.255 e. The second-order valence-electron chi connectivity index (χ2n) is 6.49. The van der Waals surface area contributed by atoms with Gasteiger partial charge in [-0.05, 0) is 49.3 Å². The van der Waals surface area contributed by atoms with Crippen molar-refractivity contribution in [3.05, 3.63) is 34.9 Å². The molecular weight excluding hydrogens is 328 g/mol. The minimum absolute atomic E-state index is 0.0795. The molecule has 2 N–H and O–H groups in total. The summed E-state index contributed by atoms with van der Waals surface area (Å²) in [5.74, 6) is 0.338. The minimum Gasteiger partial charge on any atom is -0.374 e. The Balaban J connectivity index is 1.73. The van der Waals surface area contributed by atoms with Crippen molar-refractivity contribution in [2.75, 3.05) is 5.88 Å². The van der Waals surface area contributed by atoms with E-state index in [9.17, 15) is 14.7 Å². The number of aliphatic hydroxyl groups is 1. The lowest BCUT2D eigenvalue weighted by atomic mass is 9.98. The highest BCUT2D eigenvalue weighted by atomic mass is 35.5. The molecule has 1 aromatic rings. The number of benzene rings is 1. The summed E-state index contributed by atoms with van der Waals surface area (Å²) in [5, 5.41) is 12.0. The van der Waals surface area contributed by atoms with Gasteiger partial charge in [0.1, 0.15) is 12.3 Å². The fraction of sp³-hybridized carbons (Fsp3) is 0.556. The number of carbonyl (C=O) groups is 2. The lowest BCUT2D eigenvalue weighted by Gasteiger charge is -2.32. The average Bonchev–Trinajstić information content (AvgIpc) is 2.89. The Hall–Kier alpha value is -1.59. The SMILES string of the molecule is O=C1NC(O)CCC1N1Cc2c(CCCCCCl)cccc2C1=O. The molecule has 0 saturated carbocycles. The number of hydrogen-bond acceptors (Lipinski definition) is 3. The Kier molecular flexibility index (Phi) is 5.41. The zero-order chi connectivity index (χ0) is 17.1. The third-order valence-electron chi connectivity index (χ3n) is 4.87. The summed E-state index contributed by atoms with van der Waals surface area (Å²) in [6.45, 7) is 0.480. The molecule has 2 aliphatic heterocycles. The number of alkyl halides is 1. The van der Waals surface area contributed by atoms with Crippen LogP contribution in [0.15, 0.2) is 18.2 Å². The molecule has 6 heteroatoms. The molecule has 0 radical (unpaired) electrons. The molecule has 0 bridgehead atoms. The van der Waals surface area contributed by atoms with Crippen molar-refractivity contribution < 1.29 is 14.7 Å². The van der Waals surface area contributed by atoms with Crippen LogP contribution < -0.4 is 5.32 Å². The van der Waals surface area contributed by atoms with Gasteiger partial charge in [-0.1, -0.05) is 18.6 Å². The van der Waals surface area contributed by atoms with Crippen LogP contribution in [0, 0.1) is 0 Å². The number of fused-ring (bicyclic) bond motifs is 1. The van der Waals surface area contributed by atoms with Crippen molar-refractivity contribution in [2.45, 2.75) is 57.3 Å². The molecule has 1 fully saturated rings. The number of amides is 2. The lowest BCUT2D eigenvalue weighted by molar-refractivity contribution is -0.132. The third kappa shape index (κ3) is 3.42. The molecular formula is C18H23ClN2O3. The summed E-state index contributed by atoms with van der Waals surface area (Å²) in [7, 11) is 0. The molecule has 2 unspecified atom stereocenters. The van der Waals surface area contributed by atoms with E-state index in [1.54, 1.807) is 4.90 Å². The highest BCUT2D eigenvalue weighted by Gasteiger charge is 2.39. The van der Waals surface area contributed by atoms with Gasteiger partial charge >= 0.3 is 0 Å². The van der Waals surface area contributed by atoms with E-state index in [1.165, 1.54) is 5.56 Å². The topological polar surface area (TPSA) is 69.6 Å². The van der Waals surface area contributed by atoms with Crippen LogP contribution >= 0.6 is 11.6 Å². The predicted octanol–water partition coefficient (Wildman–Crippen LogP) is 2.19. The molecule has 3 rings (SSSR count). The summed E-state index contributed by atoms with van der Waals surface area (Å²) >= 11 is 5.72. The molecule has 2 aliphatic rings. The van der Waals surface area contributed by atoms with E-state index in [0.29, 0.717) is 30.8 Å². The van der Waals surface area contributed by atoms with Crippen LogP contribution in [0.3, 0.4) is 0 Å². The number of carbonyl (C=O) groups excluding carboxylic acids is 2. The normalized spacial score (nSPS) is 23.3. The van der Waals surface area contributed by atoms with Crippen molar-refractivity contribution in [2.24, 2.45) is 0 Å². The molecule has 1 aromatic carbocycles. The monoisotopic (exact) mass is 350 g/mol. The van der Waals surface area contributed by atoms with Gasteiger partial charge in [-0.2, -0.15) is 0 Å². The third-order valence-corrected chi connectivity index (χ3v) is 5.14. The summed E-state index contributed by atoms with van der Waals surface area (Å²) in [5.41, 5.74) is 2.95. The number of piperidine rings is 1. The summed E-state index contributed by atoms with van der Waals surface area (Å²) < 4.78 is 0. The first-order chi connectivity index (χ1) is 11.6. The number of rotatable bonds is 6. The molecule has 1 saturated heterocycles. The van der Waals surface area contributed by atoms with Gasteiger partial charge in [0, 0.05) is 18.0 Å². The van der Waals surface area contributed by atoms with Gasteiger partial charge in [0.25, 0.3) is 5.91 Å². The molecule has 0 aromatic heterocycles. The van der Waals surface area contributed by atoms with Gasteiger partial charge in [0.15, 0.2) is 0 Å². The molecule has 130 valence electrons. The number of aryl methyl sites for hydroxylation is 1. The molecule has 5 nitrogen and oxygen atoms in total. The Morgan fingerprint density at radius 1 is 1.21 bits per heavy atom. The van der Waals surface area contributed by atoms with Crippen molar-refractivity contribution in [3.63, 3.8) is 0 Å². The van der Waals surface area contributed by atoms with Gasteiger partial charge in [0.2, 0.25) is 5.91 Å². The van der Waals surface area contributed by atoms with Crippen molar-refractivity contribution in [1.82, 2.24) is 10.2 Å². The molecule has 24 heavy (non-hydrogen) atoms. The number of nitrogens with one attached hydrogen (secondary N) is 1. The van der Waals surface area contributed by atoms with Crippen LogP contribution in [-0.4, -0.2) is 40.0 Å². The first-order valence-corrected chi connectivity index (χ1v) is 9.11. The fourth-order valence-electron chi connectivity index (χ4n) is 3.57. The Morgan fingerprint density at radius 3 is 2.79 bits per heavy atom. The van der Waals surface area contributed by atoms with Gasteiger partial charge < -0.3 is 15.3 Å². The number of unbranched alkanes of at least 4 members (excludes halogenated alkanes) is 2. The van der Waals surface area contributed by atoms with Crippen molar-refractivity contribution in [3.8, 4) is 0 Å². The van der Waals surface area contributed by atoms with Crippen LogP contribution in [-0.2, 0) is 17.8 Å². The summed E-state index contributed by atoms with van der Waals surface area (Å²) in [6.07, 6.45) is 4.23. The Morgan fingerprint density at radius 2 is 2.04 bits per heavy atom. The number of nitrogens with zero attached hydrogens (tertiary/aromatic N) is 1. The highest BCUT2D eigenvalue weighted by molar-refractivity contribution is 6.17. The van der Waals surface area contributed by atoms with E-state index in [0.717, 1.165) is 31.2 Å². The average molecular weight is 351 g/mol. The zero-order valence-corrected chi connectivity index (χ0v) is 14.4. The zero-order valence-electron chi connectivity index (χ0n) is 13.6. The maximum absolute atomic E-state index is 12.7. The maximum atomic E-state index is 12.7. The van der Waals surface area contributed by atoms with Gasteiger partial charge in [-0.15, -0.1) is 11.6 Å². The molecule has 2 amide bonds. The second kappa shape index (κ2) is 7.53. The Labute approximate surface area is 147 Å². The van der Waals surface area contributed by atoms with Crippen molar-refractivity contribution in [1.29, 1.82) is 0 Å². The predicted molar refractivity (Wildman–Crippen MR) is 91.8 cm³/mol. The number of aliphatic hydroxyl groups excluding tert-OH is 1. The first-order valence-electron chi connectivity index (χ1n) is 8.58. The maximum Gasteiger partial charge on any atom is 0.255 e. The van der Waals surface area contributed by atoms with E-state index in [1.807, 2.05) is 12.1 Å². The highest BCUT2D eigenvalue weighted by Crippen LogP contribution is 2.30. The largest absolute Gasteiger partial charge is 0.374 e. The fourth-order valence-corrected chi connectivity index (χ4v) is 3.76. The van der Waals surface area contributed by atoms with Gasteiger partial charge in [0.05, 0.1) is 0 Å². The van der Waals surface area contributed by atoms with E-state index < -0.39 is 12.3 Å². The van der Waals surface area contributed by atoms with Crippen LogP contribution in [0.25, 0.3) is 0 Å². The van der Waals surface area contributed by atoms with E-state index in [4.69, 9.17) is 11.6 Å². The first kappa shape index (κ1) is 17.2. The number of hydrogen-bond donors (Lipinski definition) is 2. The molecule has 0 aliphatic carbocycles. The van der Waals surface area contributed by atoms with E-state index in [-0.39, 0.29) is 11.8 Å². The van der Waals surface area contributed by atoms with Crippen LogP contribution in [0.2, 0.25) is 0 Å². The Bertz CT molecular complexity index is 635. The standard InChI is InChI=1S/C18H23ClN2O3/c19-10-3-1-2-5-12-6-4-7-13-14(12)11-21(18(13)24)15-8-9-16(22)20-17(15)23/h4,6-7,15-16,22H,1-3,5,8-11H2,(H,20,23). The van der Waals surface area contributed by atoms with E-state index >= 15 is 0 Å². The van der Waals surface area contributed by atoms with Crippen molar-refractivity contribution >= 4 is 23.4 Å². The molecule has 0 spiro atoms. The van der Waals surface area contributed by atoms with Gasteiger partial charge in [-0.25, -0.2) is 0 Å². The summed E-state index contributed by atoms with van der Waals surface area (Å²) in [4.78, 5) is 26.5. The van der Waals surface area contributed by atoms with Crippen LogP contribution in [0.5, 0.6) is 0 Å². The van der Waals surface area contributed by atoms with Crippen LogP contribution in [0.4, 0.5) is 0 Å². The lowest BCUT2D eigenvalue weighted by Crippen LogP contribution is -2.54. The number of halogens is 1. The quantitative estimate of drug-likeness (QED) is 0.610. The summed E-state index contributed by atoms with van der Waals surface area (Å²) in [6, 6.07) is 5.34. The van der Waals surface area contributed by atoms with Gasteiger partial charge in [-0.3, -0.25) is 9.59 Å². The van der Waals surface area contributed by atoms with E-state index in [2.05, 4.69) is 11.4 Å². The molecule has 2 atom stereocenters. The molecule has 2 heterocycles. The van der Waals surface area contributed by atoms with Crippen LogP contribution in [0.1, 0.15) is 53.6 Å². The second-order valence-corrected chi connectivity index (χ2v) is 6.87. The minimum atomic E-state index is -0.800.